The van der Waals surface area contributed by atoms with Crippen molar-refractivity contribution in [2.45, 2.75) is 52.6 Å². The Morgan fingerprint density at radius 1 is 0.717 bits per heavy atom. The lowest BCUT2D eigenvalue weighted by molar-refractivity contribution is -0.955. The maximum atomic E-state index is 6.85. The van der Waals surface area contributed by atoms with Crippen LogP contribution in [0, 0.1) is 12.3 Å². The van der Waals surface area contributed by atoms with E-state index >= 15 is 0 Å². The second-order valence-electron chi connectivity index (χ2n) is 14.3. The largest absolute Gasteiger partial charge is 0.437 e. The number of aromatic nitrogens is 3. The number of benzene rings is 3. The highest BCUT2D eigenvalue weighted by molar-refractivity contribution is 6.09. The smallest absolute Gasteiger partial charge is 0.417 e. The van der Waals surface area contributed by atoms with Crippen LogP contribution < -0.4 is 9.13 Å². The fourth-order valence-electron chi connectivity index (χ4n) is 7.99. The number of hydrogen-bond donors (Lipinski definition) is 0. The molecule has 0 aliphatic carbocycles. The fraction of sp³-hybridized carbons (Fsp3) is 0.214. The van der Waals surface area contributed by atoms with Gasteiger partial charge in [-0.2, -0.15) is 0 Å². The van der Waals surface area contributed by atoms with Crippen molar-refractivity contribution >= 4 is 22.1 Å². The van der Waals surface area contributed by atoms with Crippen LogP contribution in [0.15, 0.2) is 120 Å². The van der Waals surface area contributed by atoms with Gasteiger partial charge in [-0.3, -0.25) is 0 Å². The van der Waals surface area contributed by atoms with Gasteiger partial charge in [-0.25, -0.2) is 4.98 Å². The van der Waals surface area contributed by atoms with E-state index in [-0.39, 0.29) is 5.41 Å². The van der Waals surface area contributed by atoms with Crippen LogP contribution in [0.4, 0.5) is 0 Å². The van der Waals surface area contributed by atoms with Crippen molar-refractivity contribution in [1.29, 1.82) is 0 Å². The van der Waals surface area contributed by atoms with Gasteiger partial charge in [-0.15, -0.1) is 9.13 Å². The summed E-state index contributed by atoms with van der Waals surface area (Å²) >= 11 is 0. The molecule has 2 aliphatic rings. The molecule has 4 aromatic heterocycles. The van der Waals surface area contributed by atoms with Crippen molar-refractivity contribution in [1.82, 2.24) is 4.98 Å². The van der Waals surface area contributed by atoms with E-state index in [0.717, 1.165) is 46.9 Å². The summed E-state index contributed by atoms with van der Waals surface area (Å²) in [5, 5.41) is 2.18. The summed E-state index contributed by atoms with van der Waals surface area (Å²) in [4.78, 5) is 5.07. The van der Waals surface area contributed by atoms with Crippen LogP contribution in [-0.4, -0.2) is 4.98 Å². The van der Waals surface area contributed by atoms with E-state index in [0.29, 0.717) is 5.71 Å². The van der Waals surface area contributed by atoms with Gasteiger partial charge in [0.1, 0.15) is 16.7 Å². The highest BCUT2D eigenvalue weighted by atomic mass is 16.3. The number of fused-ring (bicyclic) bond motifs is 14. The van der Waals surface area contributed by atoms with E-state index in [1.54, 1.807) is 0 Å². The average molecular weight is 600 g/mol. The van der Waals surface area contributed by atoms with E-state index < -0.39 is 5.66 Å². The first-order chi connectivity index (χ1) is 22.3. The molecule has 6 heterocycles. The zero-order chi connectivity index (χ0) is 31.2. The topological polar surface area (TPSA) is 33.8 Å². The minimum Gasteiger partial charge on any atom is -0.437 e. The molecule has 224 valence electrons. The van der Waals surface area contributed by atoms with Gasteiger partial charge in [-0.1, -0.05) is 63.2 Å². The highest BCUT2D eigenvalue weighted by Crippen LogP contribution is 2.50. The number of pyridine rings is 3. The Kier molecular flexibility index (Phi) is 5.75. The zero-order valence-electron chi connectivity index (χ0n) is 26.8. The van der Waals surface area contributed by atoms with Crippen molar-refractivity contribution in [3.63, 3.8) is 0 Å². The molecular formula is C42H37N3O+2. The number of nitrogens with zero attached hydrogens (tertiary/aromatic N) is 3. The molecule has 4 nitrogen and oxygen atoms in total. The SMILES string of the molecule is Cc1ccc2[n+](c1)C1(c3ccccc3-2)c2ccc3c(oc4nc(CCc5ccccc5)ccc43)c2-c2cc(CC(C)(C)C)cc[n+]21. The summed E-state index contributed by atoms with van der Waals surface area (Å²) in [5.74, 6) is 0. The third-order valence-electron chi connectivity index (χ3n) is 9.83. The molecule has 0 N–H and O–H groups in total. The minimum atomic E-state index is -0.565. The first-order valence-electron chi connectivity index (χ1n) is 16.4. The number of furan rings is 1. The molecule has 0 saturated carbocycles. The number of aryl methyl sites for hydroxylation is 3. The van der Waals surface area contributed by atoms with Gasteiger partial charge in [0.2, 0.25) is 17.1 Å². The Morgan fingerprint density at radius 2 is 1.52 bits per heavy atom. The summed E-state index contributed by atoms with van der Waals surface area (Å²) in [5.41, 5.74) is 13.5. The third kappa shape index (κ3) is 3.89. The Balaban J connectivity index is 1.30. The van der Waals surface area contributed by atoms with Gasteiger partial charge < -0.3 is 4.42 Å². The van der Waals surface area contributed by atoms with Crippen molar-refractivity contribution in [2.24, 2.45) is 5.41 Å². The molecule has 1 unspecified atom stereocenters. The molecule has 46 heavy (non-hydrogen) atoms. The van der Waals surface area contributed by atoms with Gasteiger partial charge in [0.05, 0.1) is 5.56 Å². The van der Waals surface area contributed by atoms with E-state index in [1.807, 2.05) is 0 Å². The maximum absolute atomic E-state index is 6.85. The zero-order valence-corrected chi connectivity index (χ0v) is 26.8. The van der Waals surface area contributed by atoms with Gasteiger partial charge in [-0.05, 0) is 85.2 Å². The lowest BCUT2D eigenvalue weighted by atomic mass is 9.88. The van der Waals surface area contributed by atoms with Crippen molar-refractivity contribution < 1.29 is 13.6 Å². The molecule has 0 amide bonds. The maximum Gasteiger partial charge on any atom is 0.417 e. The summed E-state index contributed by atoms with van der Waals surface area (Å²) in [6, 6.07) is 37.7. The van der Waals surface area contributed by atoms with Crippen molar-refractivity contribution in [3.8, 4) is 22.5 Å². The summed E-state index contributed by atoms with van der Waals surface area (Å²) < 4.78 is 11.8. The van der Waals surface area contributed by atoms with Crippen LogP contribution >= 0.6 is 0 Å². The second-order valence-corrected chi connectivity index (χ2v) is 14.3. The Labute approximate surface area is 269 Å². The monoisotopic (exact) mass is 599 g/mol. The van der Waals surface area contributed by atoms with Crippen LogP contribution in [0.1, 0.15) is 54.3 Å². The van der Waals surface area contributed by atoms with Crippen LogP contribution in [-0.2, 0) is 24.9 Å². The third-order valence-corrected chi connectivity index (χ3v) is 9.83. The standard InChI is InChI=1S/C42H37N3O/c1-27-14-21-36-33-12-8-9-13-34(33)42(45(36)26-27)35-20-19-31-32-18-17-30(16-15-28-10-6-5-7-11-28)43-40(32)46-39(31)38(35)37-24-29(22-23-44(37)42)25-41(2,3)4/h5-14,17-24,26H,15-16,25H2,1-4H3/q+2. The average Bonchev–Trinajstić information content (AvgIpc) is 3.66. The first kappa shape index (κ1) is 27.2. The summed E-state index contributed by atoms with van der Waals surface area (Å²) in [6.45, 7) is 9.11. The normalized spacial score (nSPS) is 16.2. The summed E-state index contributed by atoms with van der Waals surface area (Å²) in [6.07, 6.45) is 7.44. The van der Waals surface area contributed by atoms with Gasteiger partial charge >= 0.3 is 5.66 Å². The second kappa shape index (κ2) is 9.70. The molecule has 0 bridgehead atoms. The molecule has 3 aromatic carbocycles. The number of rotatable bonds is 4. The molecule has 0 radical (unpaired) electrons. The van der Waals surface area contributed by atoms with Crippen molar-refractivity contribution in [3.05, 3.63) is 149 Å². The van der Waals surface area contributed by atoms with Gasteiger partial charge in [0, 0.05) is 40.2 Å². The lowest BCUT2D eigenvalue weighted by Crippen LogP contribution is -2.71. The Bertz CT molecular complexity index is 2340. The van der Waals surface area contributed by atoms with E-state index in [2.05, 4.69) is 152 Å². The van der Waals surface area contributed by atoms with Crippen LogP contribution in [0.2, 0.25) is 0 Å². The van der Waals surface area contributed by atoms with Crippen molar-refractivity contribution in [2.75, 3.05) is 0 Å². The molecule has 1 atom stereocenters. The van der Waals surface area contributed by atoms with Crippen LogP contribution in [0.5, 0.6) is 0 Å². The molecular weight excluding hydrogens is 562 g/mol. The molecule has 0 saturated heterocycles. The van der Waals surface area contributed by atoms with Crippen LogP contribution in [0.3, 0.4) is 0 Å². The first-order valence-corrected chi connectivity index (χ1v) is 16.4. The molecule has 9 rings (SSSR count). The Morgan fingerprint density at radius 3 is 2.37 bits per heavy atom. The predicted octanol–water partition coefficient (Wildman–Crippen LogP) is 8.50. The van der Waals surface area contributed by atoms with Gasteiger partial charge in [0.15, 0.2) is 18.0 Å². The lowest BCUT2D eigenvalue weighted by Gasteiger charge is -2.19. The van der Waals surface area contributed by atoms with E-state index in [4.69, 9.17) is 9.40 Å². The Hall–Kier alpha value is -5.09. The molecule has 0 fully saturated rings. The molecule has 7 aromatic rings. The minimum absolute atomic E-state index is 0.169. The van der Waals surface area contributed by atoms with E-state index in [9.17, 15) is 0 Å². The quantitative estimate of drug-likeness (QED) is 0.190. The van der Waals surface area contributed by atoms with E-state index in [1.165, 1.54) is 44.8 Å². The fourth-order valence-corrected chi connectivity index (χ4v) is 7.99. The molecule has 2 aliphatic heterocycles. The molecule has 1 spiro atoms. The highest BCUT2D eigenvalue weighted by Gasteiger charge is 2.67. The number of hydrogen-bond acceptors (Lipinski definition) is 2. The molecule has 4 heteroatoms. The predicted molar refractivity (Wildman–Crippen MR) is 183 cm³/mol. The van der Waals surface area contributed by atoms with Crippen LogP contribution in [0.25, 0.3) is 44.6 Å². The van der Waals surface area contributed by atoms with Gasteiger partial charge in [0.25, 0.3) is 0 Å². The summed E-state index contributed by atoms with van der Waals surface area (Å²) in [7, 11) is 0.